The third kappa shape index (κ3) is 8.29. The zero-order valence-corrected chi connectivity index (χ0v) is 16.0. The van der Waals surface area contributed by atoms with Crippen molar-refractivity contribution < 1.29 is 23.8 Å². The minimum absolute atomic E-state index is 0.0509. The average molecular weight is 374 g/mol. The molecule has 0 spiro atoms. The van der Waals surface area contributed by atoms with Crippen LogP contribution in [0.5, 0.6) is 11.5 Å². The first-order valence-corrected chi connectivity index (χ1v) is 9.93. The molecule has 1 aromatic carbocycles. The third-order valence-corrected chi connectivity index (χ3v) is 4.70. The van der Waals surface area contributed by atoms with Gasteiger partial charge in [-0.15, -0.1) is 0 Å². The number of benzene rings is 1. The number of hydrogen-bond donors (Lipinski definition) is 0. The summed E-state index contributed by atoms with van der Waals surface area (Å²) in [6.45, 7) is 4.42. The predicted octanol–water partition coefficient (Wildman–Crippen LogP) is 4.84. The van der Waals surface area contributed by atoms with Gasteiger partial charge in [0, 0.05) is 6.08 Å². The number of unbranched alkanes of at least 4 members (excludes halogenated alkanes) is 3. The maximum atomic E-state index is 12.1. The van der Waals surface area contributed by atoms with Gasteiger partial charge in [0.15, 0.2) is 0 Å². The van der Waals surface area contributed by atoms with Crippen LogP contribution in [0.15, 0.2) is 36.9 Å². The summed E-state index contributed by atoms with van der Waals surface area (Å²) < 4.78 is 16.1. The molecule has 5 heteroatoms. The topological polar surface area (TPSA) is 61.8 Å². The second-order valence-corrected chi connectivity index (χ2v) is 6.86. The largest absolute Gasteiger partial charge is 0.494 e. The number of rotatable bonds is 11. The fourth-order valence-electron chi connectivity index (χ4n) is 3.12. The van der Waals surface area contributed by atoms with E-state index in [9.17, 15) is 9.59 Å². The molecule has 1 aromatic rings. The molecule has 0 amide bonds. The molecular formula is C22H30O5. The molecule has 1 aliphatic carbocycles. The smallest absolute Gasteiger partial charge is 0.330 e. The highest BCUT2D eigenvalue weighted by Gasteiger charge is 2.22. The van der Waals surface area contributed by atoms with Crippen LogP contribution in [0.25, 0.3) is 0 Å². The van der Waals surface area contributed by atoms with Crippen molar-refractivity contribution in [3.63, 3.8) is 0 Å². The van der Waals surface area contributed by atoms with Crippen molar-refractivity contribution in [3.05, 3.63) is 36.9 Å². The van der Waals surface area contributed by atoms with Gasteiger partial charge in [0.1, 0.15) is 11.5 Å². The first-order valence-electron chi connectivity index (χ1n) is 9.93. The van der Waals surface area contributed by atoms with E-state index in [0.29, 0.717) is 19.0 Å². The van der Waals surface area contributed by atoms with Crippen LogP contribution in [0.1, 0.15) is 57.8 Å². The van der Waals surface area contributed by atoms with Crippen LogP contribution in [0, 0.1) is 5.92 Å². The predicted molar refractivity (Wildman–Crippen MR) is 104 cm³/mol. The van der Waals surface area contributed by atoms with Gasteiger partial charge in [-0.2, -0.15) is 0 Å². The second kappa shape index (κ2) is 12.2. The fourth-order valence-corrected chi connectivity index (χ4v) is 3.12. The molecule has 0 unspecified atom stereocenters. The molecule has 1 saturated carbocycles. The van der Waals surface area contributed by atoms with Crippen molar-refractivity contribution in [1.82, 2.24) is 0 Å². The van der Waals surface area contributed by atoms with Gasteiger partial charge >= 0.3 is 11.9 Å². The molecule has 1 aliphatic rings. The van der Waals surface area contributed by atoms with E-state index >= 15 is 0 Å². The molecule has 148 valence electrons. The Morgan fingerprint density at radius 3 is 2.22 bits per heavy atom. The molecule has 0 N–H and O–H groups in total. The van der Waals surface area contributed by atoms with E-state index in [1.165, 1.54) is 12.5 Å². The van der Waals surface area contributed by atoms with Gasteiger partial charge < -0.3 is 14.2 Å². The summed E-state index contributed by atoms with van der Waals surface area (Å²) in [4.78, 5) is 23.0. The number of carbonyl (C=O) groups excluding carboxylic acids is 2. The third-order valence-electron chi connectivity index (χ3n) is 4.70. The maximum absolute atomic E-state index is 12.1. The Balaban J connectivity index is 1.56. The van der Waals surface area contributed by atoms with Crippen molar-refractivity contribution in [2.24, 2.45) is 5.92 Å². The van der Waals surface area contributed by atoms with Gasteiger partial charge in [-0.1, -0.05) is 25.8 Å². The summed E-state index contributed by atoms with van der Waals surface area (Å²) in [7, 11) is 0. The summed E-state index contributed by atoms with van der Waals surface area (Å²) in [5, 5.41) is 0. The Morgan fingerprint density at radius 2 is 1.56 bits per heavy atom. The van der Waals surface area contributed by atoms with Crippen LogP contribution in [0.4, 0.5) is 0 Å². The number of carbonyl (C=O) groups is 2. The first kappa shape index (κ1) is 21.0. The quantitative estimate of drug-likeness (QED) is 0.240. The highest BCUT2D eigenvalue weighted by molar-refractivity contribution is 5.81. The van der Waals surface area contributed by atoms with Crippen LogP contribution >= 0.6 is 0 Å². The molecule has 0 aromatic heterocycles. The molecule has 0 aliphatic heterocycles. The lowest BCUT2D eigenvalue weighted by Crippen LogP contribution is -2.22. The van der Waals surface area contributed by atoms with E-state index < -0.39 is 0 Å². The summed E-state index contributed by atoms with van der Waals surface area (Å²) in [5.74, 6) is 0.919. The highest BCUT2D eigenvalue weighted by Crippen LogP contribution is 2.26. The van der Waals surface area contributed by atoms with Gasteiger partial charge in [0.05, 0.1) is 19.1 Å². The van der Waals surface area contributed by atoms with Crippen LogP contribution in [0.3, 0.4) is 0 Å². The number of esters is 2. The Morgan fingerprint density at radius 1 is 0.926 bits per heavy atom. The lowest BCUT2D eigenvalue weighted by molar-refractivity contribution is -0.140. The maximum Gasteiger partial charge on any atom is 0.330 e. The molecule has 0 heterocycles. The Bertz CT molecular complexity index is 587. The molecule has 2 rings (SSSR count). The van der Waals surface area contributed by atoms with Crippen molar-refractivity contribution in [3.8, 4) is 11.5 Å². The summed E-state index contributed by atoms with van der Waals surface area (Å²) in [6.07, 6.45) is 10.3. The lowest BCUT2D eigenvalue weighted by Gasteiger charge is -2.19. The van der Waals surface area contributed by atoms with Crippen molar-refractivity contribution in [2.45, 2.75) is 57.8 Å². The van der Waals surface area contributed by atoms with Crippen LogP contribution in [-0.4, -0.2) is 25.2 Å². The molecule has 27 heavy (non-hydrogen) atoms. The SMILES string of the molecule is C=CC(=O)OCCCCCCOc1ccc(OC(=O)C2CCCCC2)cc1. The molecule has 5 nitrogen and oxygen atoms in total. The van der Waals surface area contributed by atoms with Crippen molar-refractivity contribution >= 4 is 11.9 Å². The molecular weight excluding hydrogens is 344 g/mol. The van der Waals surface area contributed by atoms with E-state index in [-0.39, 0.29) is 17.9 Å². The summed E-state index contributed by atoms with van der Waals surface area (Å²) >= 11 is 0. The van der Waals surface area contributed by atoms with Gasteiger partial charge in [-0.25, -0.2) is 4.79 Å². The van der Waals surface area contributed by atoms with E-state index in [0.717, 1.165) is 57.1 Å². The average Bonchev–Trinajstić information content (AvgIpc) is 2.71. The van der Waals surface area contributed by atoms with E-state index in [1.807, 2.05) is 12.1 Å². The van der Waals surface area contributed by atoms with Crippen LogP contribution in [-0.2, 0) is 14.3 Å². The molecule has 0 radical (unpaired) electrons. The Hall–Kier alpha value is -2.30. The number of hydrogen-bond acceptors (Lipinski definition) is 5. The monoisotopic (exact) mass is 374 g/mol. The van der Waals surface area contributed by atoms with Crippen molar-refractivity contribution in [1.29, 1.82) is 0 Å². The van der Waals surface area contributed by atoms with Crippen molar-refractivity contribution in [2.75, 3.05) is 13.2 Å². The van der Waals surface area contributed by atoms with E-state index in [2.05, 4.69) is 6.58 Å². The Labute approximate surface area is 161 Å². The van der Waals surface area contributed by atoms with E-state index in [1.54, 1.807) is 12.1 Å². The lowest BCUT2D eigenvalue weighted by atomic mass is 9.89. The zero-order valence-electron chi connectivity index (χ0n) is 16.0. The standard InChI is InChI=1S/C22H30O5/c1-2-21(23)26-17-9-4-3-8-16-25-19-12-14-20(15-13-19)27-22(24)18-10-6-5-7-11-18/h2,12-15,18H,1,3-11,16-17H2. The molecule has 0 bridgehead atoms. The zero-order chi connectivity index (χ0) is 19.3. The molecule has 0 atom stereocenters. The van der Waals surface area contributed by atoms with Gasteiger partial charge in [-0.05, 0) is 62.8 Å². The minimum Gasteiger partial charge on any atom is -0.494 e. The van der Waals surface area contributed by atoms with E-state index in [4.69, 9.17) is 14.2 Å². The molecule has 1 fully saturated rings. The van der Waals surface area contributed by atoms with Crippen LogP contribution < -0.4 is 9.47 Å². The highest BCUT2D eigenvalue weighted by atomic mass is 16.5. The Kier molecular flexibility index (Phi) is 9.45. The fraction of sp³-hybridized carbons (Fsp3) is 0.545. The number of ether oxygens (including phenoxy) is 3. The van der Waals surface area contributed by atoms with Crippen LogP contribution in [0.2, 0.25) is 0 Å². The summed E-state index contributed by atoms with van der Waals surface area (Å²) in [5.41, 5.74) is 0. The van der Waals surface area contributed by atoms with Gasteiger partial charge in [0.2, 0.25) is 0 Å². The first-order chi connectivity index (χ1) is 13.2. The normalized spacial score (nSPS) is 14.4. The second-order valence-electron chi connectivity index (χ2n) is 6.86. The van der Waals surface area contributed by atoms with Gasteiger partial charge in [0.25, 0.3) is 0 Å². The molecule has 0 saturated heterocycles. The minimum atomic E-state index is -0.369. The van der Waals surface area contributed by atoms with Gasteiger partial charge in [-0.3, -0.25) is 4.79 Å². The summed E-state index contributed by atoms with van der Waals surface area (Å²) in [6, 6.07) is 7.23.